The number of ether oxygens (including phenoxy) is 2. The normalized spacial score (nSPS) is 15.7. The van der Waals surface area contributed by atoms with Crippen molar-refractivity contribution < 1.29 is 26.7 Å². The number of pyridine rings is 1. The summed E-state index contributed by atoms with van der Waals surface area (Å²) in [4.78, 5) is 16.0. The highest BCUT2D eigenvalue weighted by Crippen LogP contribution is 2.39. The van der Waals surface area contributed by atoms with Crippen molar-refractivity contribution in [2.75, 3.05) is 54.7 Å². The third-order valence-corrected chi connectivity index (χ3v) is 8.13. The summed E-state index contributed by atoms with van der Waals surface area (Å²) in [5, 5.41) is 0.619. The number of nitrogens with one attached hydrogen (secondary N) is 1. The van der Waals surface area contributed by atoms with E-state index < -0.39 is 28.3 Å². The molecular weight excluding hydrogens is 554 g/mol. The number of fused-ring (bicyclic) bond motifs is 1. The summed E-state index contributed by atoms with van der Waals surface area (Å²) in [5.41, 5.74) is 7.29. The number of benzene rings is 2. The van der Waals surface area contributed by atoms with Crippen molar-refractivity contribution in [2.45, 2.75) is 19.4 Å². The average molecular weight is 585 g/mol. The van der Waals surface area contributed by atoms with Gasteiger partial charge in [0.15, 0.2) is 11.6 Å². The first-order valence-corrected chi connectivity index (χ1v) is 14.7. The molecule has 1 aliphatic rings. The first-order valence-electron chi connectivity index (χ1n) is 13.0. The van der Waals surface area contributed by atoms with E-state index in [1.54, 1.807) is 42.6 Å². The van der Waals surface area contributed by atoms with Gasteiger partial charge in [-0.25, -0.2) is 27.8 Å². The van der Waals surface area contributed by atoms with Crippen molar-refractivity contribution in [1.29, 1.82) is 0 Å². The number of hydrogen-bond acceptors (Lipinski definition) is 9. The Bertz CT molecular complexity index is 1670. The van der Waals surface area contributed by atoms with Crippen LogP contribution in [-0.4, -0.2) is 68.7 Å². The number of morpholine rings is 1. The molecule has 2 aromatic heterocycles. The smallest absolute Gasteiger partial charge is 0.232 e. The second-order valence-corrected chi connectivity index (χ2v) is 11.5. The molecule has 5 rings (SSSR count). The minimum absolute atomic E-state index is 0.00677. The van der Waals surface area contributed by atoms with Crippen LogP contribution >= 0.6 is 0 Å². The van der Waals surface area contributed by atoms with Crippen molar-refractivity contribution in [2.24, 2.45) is 0 Å². The van der Waals surface area contributed by atoms with Crippen LogP contribution < -0.4 is 20.1 Å². The van der Waals surface area contributed by atoms with Gasteiger partial charge in [-0.1, -0.05) is 12.1 Å². The van der Waals surface area contributed by atoms with Crippen LogP contribution in [0.15, 0.2) is 48.7 Å². The Kier molecular flexibility index (Phi) is 8.18. The van der Waals surface area contributed by atoms with Crippen molar-refractivity contribution in [1.82, 2.24) is 15.0 Å². The van der Waals surface area contributed by atoms with E-state index in [-0.39, 0.29) is 23.7 Å². The SMILES string of the molecule is COc1cc(-c2cccc(NS(=O)(=O)CCCF)c2F)cc2c(N3CCOC[C@@H]3C)nc(-c3ccc(N)nc3)nc12. The highest BCUT2D eigenvalue weighted by atomic mass is 32.2. The lowest BCUT2D eigenvalue weighted by Crippen LogP contribution is -2.44. The Balaban J connectivity index is 1.68. The van der Waals surface area contributed by atoms with Crippen LogP contribution in [0.25, 0.3) is 33.4 Å². The van der Waals surface area contributed by atoms with E-state index in [4.69, 9.17) is 25.2 Å². The fourth-order valence-electron chi connectivity index (χ4n) is 4.72. The second kappa shape index (κ2) is 11.8. The molecule has 1 fully saturated rings. The molecule has 1 saturated heterocycles. The summed E-state index contributed by atoms with van der Waals surface area (Å²) in [6.07, 6.45) is 1.41. The number of aromatic nitrogens is 3. The molecule has 0 radical (unpaired) electrons. The molecule has 1 aliphatic heterocycles. The number of methoxy groups -OCH3 is 1. The van der Waals surface area contributed by atoms with Crippen LogP contribution in [0.5, 0.6) is 5.75 Å². The van der Waals surface area contributed by atoms with Gasteiger partial charge in [-0.3, -0.25) is 9.11 Å². The van der Waals surface area contributed by atoms with Gasteiger partial charge in [0.05, 0.1) is 44.5 Å². The standard InChI is InChI=1S/C28H30F2N6O4S/c1-17-16-40-11-10-36(17)28-21-13-19(20-5-3-6-22(25(20)30)35-41(37,38)12-4-9-29)14-23(39-2)26(21)33-27(34-28)18-7-8-24(31)32-15-18/h3,5-8,13-15,17,35H,4,9-12,16H2,1-2H3,(H2,31,32)/t17-/m0/s1. The van der Waals surface area contributed by atoms with Gasteiger partial charge >= 0.3 is 0 Å². The molecule has 3 heterocycles. The van der Waals surface area contributed by atoms with Gasteiger partial charge in [-0.15, -0.1) is 0 Å². The van der Waals surface area contributed by atoms with Gasteiger partial charge < -0.3 is 20.1 Å². The monoisotopic (exact) mass is 584 g/mol. The number of anilines is 3. The summed E-state index contributed by atoms with van der Waals surface area (Å²) >= 11 is 0. The summed E-state index contributed by atoms with van der Waals surface area (Å²) in [5.74, 6) is 0.542. The lowest BCUT2D eigenvalue weighted by molar-refractivity contribution is 0.0987. The summed E-state index contributed by atoms with van der Waals surface area (Å²) in [6.45, 7) is 2.81. The minimum atomic E-state index is -3.93. The maximum absolute atomic E-state index is 15.8. The van der Waals surface area contributed by atoms with Crippen molar-refractivity contribution in [3.8, 4) is 28.3 Å². The van der Waals surface area contributed by atoms with E-state index in [1.807, 2.05) is 6.92 Å². The molecule has 0 bridgehead atoms. The molecule has 216 valence electrons. The molecule has 4 aromatic rings. The molecule has 0 aliphatic carbocycles. The highest BCUT2D eigenvalue weighted by Gasteiger charge is 2.26. The number of alkyl halides is 1. The lowest BCUT2D eigenvalue weighted by atomic mass is 10.0. The maximum atomic E-state index is 15.8. The Morgan fingerprint density at radius 3 is 2.73 bits per heavy atom. The van der Waals surface area contributed by atoms with Crippen LogP contribution in [0.4, 0.5) is 26.1 Å². The number of nitrogens with zero attached hydrogens (tertiary/aromatic N) is 4. The van der Waals surface area contributed by atoms with E-state index in [2.05, 4.69) is 14.6 Å². The maximum Gasteiger partial charge on any atom is 0.232 e. The number of hydrogen-bond donors (Lipinski definition) is 2. The van der Waals surface area contributed by atoms with E-state index in [0.717, 1.165) is 0 Å². The third-order valence-electron chi connectivity index (χ3n) is 6.77. The van der Waals surface area contributed by atoms with Crippen molar-refractivity contribution >= 4 is 38.2 Å². The van der Waals surface area contributed by atoms with Crippen LogP contribution in [0, 0.1) is 5.82 Å². The second-order valence-electron chi connectivity index (χ2n) is 9.67. The molecule has 3 N–H and O–H groups in total. The van der Waals surface area contributed by atoms with Gasteiger partial charge in [-0.05, 0) is 49.2 Å². The highest BCUT2D eigenvalue weighted by molar-refractivity contribution is 7.92. The van der Waals surface area contributed by atoms with Gasteiger partial charge in [-0.2, -0.15) is 0 Å². The number of nitrogens with two attached hydrogens (primary N) is 1. The van der Waals surface area contributed by atoms with E-state index >= 15 is 4.39 Å². The molecular formula is C28H30F2N6O4S. The topological polar surface area (TPSA) is 133 Å². The average Bonchev–Trinajstić information content (AvgIpc) is 2.97. The number of rotatable bonds is 9. The number of sulfonamides is 1. The van der Waals surface area contributed by atoms with E-state index in [9.17, 15) is 12.8 Å². The number of halogens is 2. The fraction of sp³-hybridized carbons (Fsp3) is 0.321. The summed E-state index contributed by atoms with van der Waals surface area (Å²) in [6, 6.07) is 11.3. The van der Waals surface area contributed by atoms with Crippen LogP contribution in [0.1, 0.15) is 13.3 Å². The van der Waals surface area contributed by atoms with Crippen LogP contribution in [-0.2, 0) is 14.8 Å². The molecule has 13 heteroatoms. The molecule has 2 aromatic carbocycles. The Morgan fingerprint density at radius 1 is 1.20 bits per heavy atom. The van der Waals surface area contributed by atoms with Gasteiger partial charge in [0, 0.05) is 29.3 Å². The Morgan fingerprint density at radius 2 is 2.02 bits per heavy atom. The molecule has 0 spiro atoms. The van der Waals surface area contributed by atoms with Crippen molar-refractivity contribution in [3.63, 3.8) is 0 Å². The lowest BCUT2D eigenvalue weighted by Gasteiger charge is -2.35. The van der Waals surface area contributed by atoms with Gasteiger partial charge in [0.1, 0.15) is 22.9 Å². The summed E-state index contributed by atoms with van der Waals surface area (Å²) < 4.78 is 66.6. The van der Waals surface area contributed by atoms with E-state index in [1.165, 1.54) is 13.2 Å². The van der Waals surface area contributed by atoms with Crippen LogP contribution in [0.2, 0.25) is 0 Å². The minimum Gasteiger partial charge on any atom is -0.494 e. The number of nitrogen functional groups attached to an aromatic ring is 1. The first kappa shape index (κ1) is 28.4. The molecule has 41 heavy (non-hydrogen) atoms. The van der Waals surface area contributed by atoms with Crippen LogP contribution in [0.3, 0.4) is 0 Å². The molecule has 10 nitrogen and oxygen atoms in total. The zero-order valence-electron chi connectivity index (χ0n) is 22.6. The summed E-state index contributed by atoms with van der Waals surface area (Å²) in [7, 11) is -2.44. The molecule has 0 unspecified atom stereocenters. The Hall–Kier alpha value is -4.10. The Labute approximate surface area is 236 Å². The quantitative estimate of drug-likeness (QED) is 0.293. The van der Waals surface area contributed by atoms with E-state index in [0.29, 0.717) is 65.0 Å². The zero-order chi connectivity index (χ0) is 29.1. The molecule has 1 atom stereocenters. The zero-order valence-corrected chi connectivity index (χ0v) is 23.4. The predicted molar refractivity (Wildman–Crippen MR) is 155 cm³/mol. The first-order chi connectivity index (χ1) is 19.7. The predicted octanol–water partition coefficient (Wildman–Crippen LogP) is 4.42. The van der Waals surface area contributed by atoms with Gasteiger partial charge in [0.25, 0.3) is 0 Å². The molecule has 0 amide bonds. The third kappa shape index (κ3) is 6.00. The van der Waals surface area contributed by atoms with Crippen molar-refractivity contribution in [3.05, 3.63) is 54.5 Å². The molecule has 0 saturated carbocycles. The fourth-order valence-corrected chi connectivity index (χ4v) is 5.80. The van der Waals surface area contributed by atoms with Gasteiger partial charge in [0.2, 0.25) is 10.0 Å². The largest absolute Gasteiger partial charge is 0.494 e.